The van der Waals surface area contributed by atoms with Gasteiger partial charge in [0.15, 0.2) is 11.5 Å². The molecule has 0 saturated carbocycles. The van der Waals surface area contributed by atoms with E-state index in [0.29, 0.717) is 69.9 Å². The zero-order chi connectivity index (χ0) is 22.1. The van der Waals surface area contributed by atoms with Gasteiger partial charge in [0, 0.05) is 51.4 Å². The zero-order valence-electron chi connectivity index (χ0n) is 18.1. The second-order valence-electron chi connectivity index (χ2n) is 7.93. The van der Waals surface area contributed by atoms with Gasteiger partial charge in [-0.3, -0.25) is 0 Å². The normalized spacial score (nSPS) is 19.8. The first-order chi connectivity index (χ1) is 15.5. The monoisotopic (exact) mass is 461 g/mol. The van der Waals surface area contributed by atoms with Crippen LogP contribution < -0.4 is 19.3 Å². The van der Waals surface area contributed by atoms with Crippen molar-refractivity contribution in [2.45, 2.75) is 11.8 Å². The number of sulfonamides is 1. The van der Waals surface area contributed by atoms with E-state index < -0.39 is 10.0 Å². The predicted molar refractivity (Wildman–Crippen MR) is 118 cm³/mol. The van der Waals surface area contributed by atoms with Crippen LogP contribution in [0.3, 0.4) is 0 Å². The molecule has 1 aromatic heterocycles. The summed E-state index contributed by atoms with van der Waals surface area (Å²) in [7, 11) is -3.62. The number of rotatable bonds is 4. The Labute approximate surface area is 187 Å². The number of fused-ring (bicyclic) bond motifs is 1. The molecule has 3 aliphatic rings. The molecule has 4 heterocycles. The largest absolute Gasteiger partial charge is 0.486 e. The molecule has 11 heteroatoms. The van der Waals surface area contributed by atoms with Crippen LogP contribution in [0.25, 0.3) is 0 Å². The Kier molecular flexibility index (Phi) is 5.78. The van der Waals surface area contributed by atoms with Crippen LogP contribution in [0.2, 0.25) is 0 Å². The summed E-state index contributed by atoms with van der Waals surface area (Å²) >= 11 is 0. The molecular weight excluding hydrogens is 434 g/mol. The van der Waals surface area contributed by atoms with Gasteiger partial charge >= 0.3 is 0 Å². The number of ether oxygens (including phenoxy) is 3. The summed E-state index contributed by atoms with van der Waals surface area (Å²) in [4.78, 5) is 13.7. The summed E-state index contributed by atoms with van der Waals surface area (Å²) in [5, 5.41) is 0. The molecule has 2 aromatic rings. The molecule has 0 atom stereocenters. The van der Waals surface area contributed by atoms with E-state index in [1.807, 2.05) is 13.0 Å². The standard InChI is InChI=1S/C21H27N5O5S/c1-16-22-20(15-21(23-16)25-8-10-29-11-9-25)24-4-6-26(7-5-24)32(27,28)17-2-3-18-19(14-17)31-13-12-30-18/h2-3,14-15H,4-13H2,1H3. The highest BCUT2D eigenvalue weighted by molar-refractivity contribution is 7.89. The first-order valence-corrected chi connectivity index (χ1v) is 12.3. The van der Waals surface area contributed by atoms with Crippen LogP contribution in [0.5, 0.6) is 11.5 Å². The topological polar surface area (TPSA) is 97.3 Å². The molecule has 3 aliphatic heterocycles. The molecule has 10 nitrogen and oxygen atoms in total. The van der Waals surface area contributed by atoms with Crippen molar-refractivity contribution in [3.05, 3.63) is 30.1 Å². The SMILES string of the molecule is Cc1nc(N2CCOCC2)cc(N2CCN(S(=O)(=O)c3ccc4c(c3)OCCO4)CC2)n1. The molecule has 2 fully saturated rings. The molecule has 0 amide bonds. The van der Waals surface area contributed by atoms with Crippen LogP contribution in [-0.2, 0) is 14.8 Å². The van der Waals surface area contributed by atoms with Gasteiger partial charge < -0.3 is 24.0 Å². The minimum atomic E-state index is -3.62. The first-order valence-electron chi connectivity index (χ1n) is 10.8. The molecule has 0 unspecified atom stereocenters. The van der Waals surface area contributed by atoms with E-state index in [9.17, 15) is 8.42 Å². The fraction of sp³-hybridized carbons (Fsp3) is 0.524. The smallest absolute Gasteiger partial charge is 0.243 e. The zero-order valence-corrected chi connectivity index (χ0v) is 18.9. The Balaban J connectivity index is 1.29. The number of aromatic nitrogens is 2. The fourth-order valence-corrected chi connectivity index (χ4v) is 5.58. The molecule has 2 saturated heterocycles. The number of hydrogen-bond donors (Lipinski definition) is 0. The maximum Gasteiger partial charge on any atom is 0.243 e. The summed E-state index contributed by atoms with van der Waals surface area (Å²) < 4.78 is 44.4. The van der Waals surface area contributed by atoms with Gasteiger partial charge in [-0.05, 0) is 19.1 Å². The minimum absolute atomic E-state index is 0.225. The van der Waals surface area contributed by atoms with Gasteiger partial charge in [0.25, 0.3) is 0 Å². The van der Waals surface area contributed by atoms with Gasteiger partial charge in [-0.15, -0.1) is 0 Å². The lowest BCUT2D eigenvalue weighted by atomic mass is 10.3. The highest BCUT2D eigenvalue weighted by Gasteiger charge is 2.30. The summed E-state index contributed by atoms with van der Waals surface area (Å²) in [6.45, 7) is 7.64. The van der Waals surface area contributed by atoms with Crippen LogP contribution in [0.15, 0.2) is 29.2 Å². The highest BCUT2D eigenvalue weighted by Crippen LogP contribution is 2.33. The quantitative estimate of drug-likeness (QED) is 0.658. The first kappa shape index (κ1) is 21.2. The van der Waals surface area contributed by atoms with Crippen LogP contribution in [0.1, 0.15) is 5.82 Å². The van der Waals surface area contributed by atoms with E-state index in [-0.39, 0.29) is 4.90 Å². The maximum absolute atomic E-state index is 13.2. The molecule has 0 radical (unpaired) electrons. The van der Waals surface area contributed by atoms with Crippen LogP contribution in [-0.4, -0.2) is 88.4 Å². The van der Waals surface area contributed by atoms with Crippen LogP contribution in [0, 0.1) is 6.92 Å². The van der Waals surface area contributed by atoms with Crippen molar-refractivity contribution in [1.29, 1.82) is 0 Å². The third kappa shape index (κ3) is 4.19. The number of morpholine rings is 1. The minimum Gasteiger partial charge on any atom is -0.486 e. The van der Waals surface area contributed by atoms with Crippen molar-refractivity contribution >= 4 is 21.7 Å². The Morgan fingerprint density at radius 1 is 0.781 bits per heavy atom. The van der Waals surface area contributed by atoms with Gasteiger partial charge in [0.05, 0.1) is 18.1 Å². The molecular formula is C21H27N5O5S. The summed E-state index contributed by atoms with van der Waals surface area (Å²) in [5.74, 6) is 3.48. The Morgan fingerprint density at radius 2 is 1.41 bits per heavy atom. The predicted octanol–water partition coefficient (Wildman–Crippen LogP) is 0.904. The van der Waals surface area contributed by atoms with Crippen molar-refractivity contribution in [2.24, 2.45) is 0 Å². The average Bonchev–Trinajstić information content (AvgIpc) is 2.84. The molecule has 32 heavy (non-hydrogen) atoms. The van der Waals surface area contributed by atoms with E-state index in [1.54, 1.807) is 18.2 Å². The lowest BCUT2D eigenvalue weighted by Crippen LogP contribution is -2.49. The van der Waals surface area contributed by atoms with Crippen molar-refractivity contribution in [1.82, 2.24) is 14.3 Å². The number of piperazine rings is 1. The Hall–Kier alpha value is -2.63. The lowest BCUT2D eigenvalue weighted by Gasteiger charge is -2.35. The Bertz CT molecular complexity index is 1080. The molecule has 0 aliphatic carbocycles. The summed E-state index contributed by atoms with van der Waals surface area (Å²) in [6, 6.07) is 6.79. The summed E-state index contributed by atoms with van der Waals surface area (Å²) in [5.41, 5.74) is 0. The fourth-order valence-electron chi connectivity index (χ4n) is 4.14. The second-order valence-corrected chi connectivity index (χ2v) is 9.87. The van der Waals surface area contributed by atoms with E-state index in [0.717, 1.165) is 24.7 Å². The second kappa shape index (κ2) is 8.72. The van der Waals surface area contributed by atoms with Crippen molar-refractivity contribution in [3.63, 3.8) is 0 Å². The number of benzene rings is 1. The molecule has 0 spiro atoms. The van der Waals surface area contributed by atoms with Gasteiger partial charge in [-0.25, -0.2) is 18.4 Å². The van der Waals surface area contributed by atoms with Crippen LogP contribution >= 0.6 is 0 Å². The van der Waals surface area contributed by atoms with Gasteiger partial charge in [0.1, 0.15) is 30.7 Å². The number of hydrogen-bond acceptors (Lipinski definition) is 9. The van der Waals surface area contributed by atoms with E-state index in [1.165, 1.54) is 4.31 Å². The number of anilines is 2. The molecule has 172 valence electrons. The average molecular weight is 462 g/mol. The maximum atomic E-state index is 13.2. The molecule has 1 aromatic carbocycles. The van der Waals surface area contributed by atoms with Crippen molar-refractivity contribution in [3.8, 4) is 11.5 Å². The van der Waals surface area contributed by atoms with Gasteiger partial charge in [0.2, 0.25) is 10.0 Å². The third-order valence-corrected chi connectivity index (χ3v) is 7.75. The number of nitrogens with zero attached hydrogens (tertiary/aromatic N) is 5. The van der Waals surface area contributed by atoms with E-state index in [4.69, 9.17) is 14.2 Å². The molecule has 5 rings (SSSR count). The van der Waals surface area contributed by atoms with Crippen LogP contribution in [0.4, 0.5) is 11.6 Å². The highest BCUT2D eigenvalue weighted by atomic mass is 32.2. The Morgan fingerprint density at radius 3 is 2.09 bits per heavy atom. The molecule has 0 N–H and O–H groups in total. The van der Waals surface area contributed by atoms with Gasteiger partial charge in [-0.2, -0.15) is 4.31 Å². The number of aryl methyl sites for hydroxylation is 1. The van der Waals surface area contributed by atoms with E-state index in [2.05, 4.69) is 19.8 Å². The third-order valence-electron chi connectivity index (χ3n) is 5.86. The van der Waals surface area contributed by atoms with Crippen molar-refractivity contribution in [2.75, 3.05) is 75.5 Å². The lowest BCUT2D eigenvalue weighted by molar-refractivity contribution is 0.122. The molecule has 0 bridgehead atoms. The van der Waals surface area contributed by atoms with E-state index >= 15 is 0 Å². The van der Waals surface area contributed by atoms with Gasteiger partial charge in [-0.1, -0.05) is 0 Å². The summed E-state index contributed by atoms with van der Waals surface area (Å²) in [6.07, 6.45) is 0. The van der Waals surface area contributed by atoms with Crippen molar-refractivity contribution < 1.29 is 22.6 Å².